The summed E-state index contributed by atoms with van der Waals surface area (Å²) in [7, 11) is 0. The van der Waals surface area contributed by atoms with Crippen LogP contribution in [0.1, 0.15) is 42.3 Å². The predicted octanol–water partition coefficient (Wildman–Crippen LogP) is 4.13. The number of amides is 1. The number of benzene rings is 2. The number of anilines is 2. The van der Waals surface area contributed by atoms with Gasteiger partial charge in [0.05, 0.1) is 0 Å². The molecule has 0 heterocycles. The Kier molecular flexibility index (Phi) is 4.03. The Hall–Kier alpha value is -2.29. The van der Waals surface area contributed by atoms with Crippen LogP contribution < -0.4 is 11.1 Å². The molecule has 0 radical (unpaired) electrons. The van der Waals surface area contributed by atoms with Gasteiger partial charge in [-0.05, 0) is 47.7 Å². The summed E-state index contributed by atoms with van der Waals surface area (Å²) in [6.45, 7) is 8.29. The number of carbonyl (C=O) groups is 1. The van der Waals surface area contributed by atoms with Crippen LogP contribution in [0.4, 0.5) is 11.4 Å². The SMILES string of the molecule is Cc1cc(C(=O)Nc2ccccc2C(C)(C)C)ccc1N. The van der Waals surface area contributed by atoms with Gasteiger partial charge < -0.3 is 11.1 Å². The lowest BCUT2D eigenvalue weighted by Crippen LogP contribution is -2.18. The molecule has 0 saturated heterocycles. The quantitative estimate of drug-likeness (QED) is 0.814. The number of rotatable bonds is 2. The molecular formula is C18H22N2O. The van der Waals surface area contributed by atoms with Crippen LogP contribution in [0.2, 0.25) is 0 Å². The number of carbonyl (C=O) groups excluding carboxylic acids is 1. The molecule has 0 saturated carbocycles. The molecule has 0 spiro atoms. The Morgan fingerprint density at radius 3 is 2.38 bits per heavy atom. The summed E-state index contributed by atoms with van der Waals surface area (Å²) in [5.41, 5.74) is 9.95. The fourth-order valence-electron chi connectivity index (χ4n) is 2.26. The summed E-state index contributed by atoms with van der Waals surface area (Å²) < 4.78 is 0. The van der Waals surface area contributed by atoms with Crippen LogP contribution in [0, 0.1) is 6.92 Å². The smallest absolute Gasteiger partial charge is 0.255 e. The Morgan fingerprint density at radius 2 is 1.76 bits per heavy atom. The summed E-state index contributed by atoms with van der Waals surface area (Å²) in [6, 6.07) is 13.2. The van der Waals surface area contributed by atoms with E-state index in [0.717, 1.165) is 16.8 Å². The maximum atomic E-state index is 12.4. The zero-order valence-corrected chi connectivity index (χ0v) is 13.0. The summed E-state index contributed by atoms with van der Waals surface area (Å²) in [5, 5.41) is 3.00. The van der Waals surface area contributed by atoms with E-state index in [-0.39, 0.29) is 11.3 Å². The Labute approximate surface area is 126 Å². The highest BCUT2D eigenvalue weighted by Crippen LogP contribution is 2.29. The molecular weight excluding hydrogens is 260 g/mol. The molecule has 1 amide bonds. The third-order valence-electron chi connectivity index (χ3n) is 3.52. The molecule has 110 valence electrons. The minimum atomic E-state index is -0.116. The average molecular weight is 282 g/mol. The van der Waals surface area contributed by atoms with Crippen molar-refractivity contribution in [3.05, 3.63) is 59.2 Å². The number of nitrogen functional groups attached to an aromatic ring is 1. The maximum Gasteiger partial charge on any atom is 0.255 e. The first-order valence-electron chi connectivity index (χ1n) is 7.06. The first-order valence-corrected chi connectivity index (χ1v) is 7.06. The van der Waals surface area contributed by atoms with Gasteiger partial charge in [-0.2, -0.15) is 0 Å². The van der Waals surface area contributed by atoms with E-state index in [2.05, 4.69) is 26.1 Å². The second-order valence-corrected chi connectivity index (χ2v) is 6.32. The van der Waals surface area contributed by atoms with Crippen LogP contribution in [0.5, 0.6) is 0 Å². The van der Waals surface area contributed by atoms with E-state index in [1.165, 1.54) is 0 Å². The van der Waals surface area contributed by atoms with Gasteiger partial charge in [0.25, 0.3) is 5.91 Å². The molecule has 0 fully saturated rings. The van der Waals surface area contributed by atoms with Crippen molar-refractivity contribution >= 4 is 17.3 Å². The van der Waals surface area contributed by atoms with Crippen LogP contribution in [-0.4, -0.2) is 5.91 Å². The van der Waals surface area contributed by atoms with Gasteiger partial charge in [-0.25, -0.2) is 0 Å². The highest BCUT2D eigenvalue weighted by atomic mass is 16.1. The summed E-state index contributed by atoms with van der Waals surface area (Å²) in [6.07, 6.45) is 0. The van der Waals surface area contributed by atoms with Gasteiger partial charge >= 0.3 is 0 Å². The Balaban J connectivity index is 2.30. The fourth-order valence-corrected chi connectivity index (χ4v) is 2.26. The van der Waals surface area contributed by atoms with Gasteiger partial charge in [0, 0.05) is 16.9 Å². The molecule has 2 aromatic rings. The first-order chi connectivity index (χ1) is 9.79. The van der Waals surface area contributed by atoms with E-state index < -0.39 is 0 Å². The minimum absolute atomic E-state index is 0.0269. The average Bonchev–Trinajstić information content (AvgIpc) is 2.41. The van der Waals surface area contributed by atoms with E-state index in [9.17, 15) is 4.79 Å². The standard InChI is InChI=1S/C18H22N2O/c1-12-11-13(9-10-15(12)19)17(21)20-16-8-6-5-7-14(16)18(2,3)4/h5-11H,19H2,1-4H3,(H,20,21). The number of nitrogens with two attached hydrogens (primary N) is 1. The topological polar surface area (TPSA) is 55.1 Å². The lowest BCUT2D eigenvalue weighted by molar-refractivity contribution is 0.102. The van der Waals surface area contributed by atoms with Gasteiger partial charge in [0.15, 0.2) is 0 Å². The lowest BCUT2D eigenvalue weighted by Gasteiger charge is -2.23. The summed E-state index contributed by atoms with van der Waals surface area (Å²) >= 11 is 0. The summed E-state index contributed by atoms with van der Waals surface area (Å²) in [4.78, 5) is 12.4. The van der Waals surface area contributed by atoms with Crippen molar-refractivity contribution in [1.82, 2.24) is 0 Å². The van der Waals surface area contributed by atoms with E-state index >= 15 is 0 Å². The first kappa shape index (κ1) is 15.1. The van der Waals surface area contributed by atoms with Crippen LogP contribution in [-0.2, 0) is 5.41 Å². The van der Waals surface area contributed by atoms with Crippen molar-refractivity contribution in [1.29, 1.82) is 0 Å². The Morgan fingerprint density at radius 1 is 1.10 bits per heavy atom. The summed E-state index contributed by atoms with van der Waals surface area (Å²) in [5.74, 6) is -0.116. The fraction of sp³-hybridized carbons (Fsp3) is 0.278. The molecule has 2 rings (SSSR count). The number of aryl methyl sites for hydroxylation is 1. The second kappa shape index (κ2) is 5.60. The molecule has 0 aliphatic heterocycles. The highest BCUT2D eigenvalue weighted by molar-refractivity contribution is 6.05. The highest BCUT2D eigenvalue weighted by Gasteiger charge is 2.19. The molecule has 0 atom stereocenters. The molecule has 0 bridgehead atoms. The molecule has 2 aromatic carbocycles. The number of para-hydroxylation sites is 1. The monoisotopic (exact) mass is 282 g/mol. The van der Waals surface area contributed by atoms with E-state index in [1.807, 2.05) is 37.3 Å². The maximum absolute atomic E-state index is 12.4. The van der Waals surface area contributed by atoms with Gasteiger partial charge in [0.1, 0.15) is 0 Å². The van der Waals surface area contributed by atoms with Crippen LogP contribution in [0.25, 0.3) is 0 Å². The van der Waals surface area contributed by atoms with Crippen molar-refractivity contribution in [3.8, 4) is 0 Å². The van der Waals surface area contributed by atoms with Crippen molar-refractivity contribution in [2.24, 2.45) is 0 Å². The van der Waals surface area contributed by atoms with Crippen LogP contribution >= 0.6 is 0 Å². The molecule has 3 N–H and O–H groups in total. The molecule has 3 nitrogen and oxygen atoms in total. The van der Waals surface area contributed by atoms with Crippen LogP contribution in [0.3, 0.4) is 0 Å². The van der Waals surface area contributed by atoms with Crippen molar-refractivity contribution in [2.75, 3.05) is 11.1 Å². The molecule has 3 heteroatoms. The molecule has 0 aliphatic carbocycles. The third-order valence-corrected chi connectivity index (χ3v) is 3.52. The van der Waals surface area contributed by atoms with Crippen LogP contribution in [0.15, 0.2) is 42.5 Å². The second-order valence-electron chi connectivity index (χ2n) is 6.32. The van der Waals surface area contributed by atoms with E-state index in [0.29, 0.717) is 11.3 Å². The molecule has 21 heavy (non-hydrogen) atoms. The zero-order valence-electron chi connectivity index (χ0n) is 13.0. The number of nitrogens with one attached hydrogen (secondary N) is 1. The minimum Gasteiger partial charge on any atom is -0.399 e. The van der Waals surface area contributed by atoms with Gasteiger partial charge in [-0.1, -0.05) is 39.0 Å². The molecule has 0 aliphatic rings. The molecule has 0 aromatic heterocycles. The number of hydrogen-bond acceptors (Lipinski definition) is 2. The lowest BCUT2D eigenvalue weighted by atomic mass is 9.86. The predicted molar refractivity (Wildman–Crippen MR) is 88.7 cm³/mol. The number of hydrogen-bond donors (Lipinski definition) is 2. The molecule has 0 unspecified atom stereocenters. The van der Waals surface area contributed by atoms with Gasteiger partial charge in [-0.3, -0.25) is 4.79 Å². The van der Waals surface area contributed by atoms with Crippen molar-refractivity contribution in [3.63, 3.8) is 0 Å². The van der Waals surface area contributed by atoms with E-state index in [1.54, 1.807) is 12.1 Å². The Bertz CT molecular complexity index is 669. The third kappa shape index (κ3) is 3.43. The van der Waals surface area contributed by atoms with Gasteiger partial charge in [-0.15, -0.1) is 0 Å². The van der Waals surface area contributed by atoms with E-state index in [4.69, 9.17) is 5.73 Å². The normalized spacial score (nSPS) is 11.2. The largest absolute Gasteiger partial charge is 0.399 e. The van der Waals surface area contributed by atoms with Crippen molar-refractivity contribution in [2.45, 2.75) is 33.1 Å². The van der Waals surface area contributed by atoms with Crippen molar-refractivity contribution < 1.29 is 4.79 Å². The van der Waals surface area contributed by atoms with Gasteiger partial charge in [0.2, 0.25) is 0 Å². The zero-order chi connectivity index (χ0) is 15.6.